The average molecular weight is 316 g/mol. The molecule has 1 aromatic carbocycles. The van der Waals surface area contributed by atoms with Crippen LogP contribution >= 0.6 is 0 Å². The zero-order chi connectivity index (χ0) is 16.7. The monoisotopic (exact) mass is 316 g/mol. The van der Waals surface area contributed by atoms with Crippen molar-refractivity contribution < 1.29 is 9.47 Å². The van der Waals surface area contributed by atoms with Crippen LogP contribution in [0.15, 0.2) is 43.0 Å². The Labute approximate surface area is 137 Å². The largest absolute Gasteiger partial charge is 0.493 e. The van der Waals surface area contributed by atoms with E-state index in [2.05, 4.69) is 28.9 Å². The van der Waals surface area contributed by atoms with E-state index in [1.165, 1.54) is 0 Å². The molecule has 0 aliphatic carbocycles. The van der Waals surface area contributed by atoms with Crippen molar-refractivity contribution in [1.29, 1.82) is 0 Å². The molecule has 0 radical (unpaired) electrons. The zero-order valence-corrected chi connectivity index (χ0v) is 14.0. The molecule has 0 aliphatic rings. The lowest BCUT2D eigenvalue weighted by atomic mass is 10.1. The highest BCUT2D eigenvalue weighted by molar-refractivity contribution is 5.46. The van der Waals surface area contributed by atoms with Gasteiger partial charge in [-0.15, -0.1) is 0 Å². The smallest absolute Gasteiger partial charge is 0.166 e. The maximum Gasteiger partial charge on any atom is 0.166 e. The second-order valence-corrected chi connectivity index (χ2v) is 5.55. The molecular formula is C17H24N4O2. The molecule has 2 rings (SSSR count). The molecule has 6 heteroatoms. The van der Waals surface area contributed by atoms with Crippen molar-refractivity contribution in [3.63, 3.8) is 0 Å². The molecule has 124 valence electrons. The molecule has 0 spiro atoms. The Balaban J connectivity index is 1.99. The number of benzene rings is 1. The van der Waals surface area contributed by atoms with Crippen LogP contribution in [0.5, 0.6) is 11.5 Å². The van der Waals surface area contributed by atoms with E-state index in [0.29, 0.717) is 13.2 Å². The summed E-state index contributed by atoms with van der Waals surface area (Å²) in [4.78, 5) is 3.97. The Bertz CT molecular complexity index is 626. The Hall–Kier alpha value is -2.34. The summed E-state index contributed by atoms with van der Waals surface area (Å²) >= 11 is 0. The Kier molecular flexibility index (Phi) is 6.17. The van der Waals surface area contributed by atoms with Crippen LogP contribution in [0.4, 0.5) is 0 Å². The molecule has 1 unspecified atom stereocenters. The molecule has 2 aromatic rings. The van der Waals surface area contributed by atoms with Crippen LogP contribution in [0.3, 0.4) is 0 Å². The molecule has 0 bridgehead atoms. The minimum Gasteiger partial charge on any atom is -0.493 e. The third-order valence-electron chi connectivity index (χ3n) is 3.39. The fourth-order valence-electron chi connectivity index (χ4n) is 2.17. The molecule has 1 N–H and O–H groups in total. The number of ether oxygens (including phenoxy) is 2. The predicted octanol–water partition coefficient (Wildman–Crippen LogP) is 2.59. The number of aromatic nitrogens is 3. The quantitative estimate of drug-likeness (QED) is 0.721. The molecule has 6 nitrogen and oxygen atoms in total. The first kappa shape index (κ1) is 17.0. The first-order valence-electron chi connectivity index (χ1n) is 7.59. The highest BCUT2D eigenvalue weighted by atomic mass is 16.5. The number of rotatable bonds is 9. The van der Waals surface area contributed by atoms with E-state index in [9.17, 15) is 0 Å². The van der Waals surface area contributed by atoms with Crippen molar-refractivity contribution in [3.8, 4) is 11.5 Å². The maximum atomic E-state index is 5.86. The van der Waals surface area contributed by atoms with Gasteiger partial charge in [0.2, 0.25) is 0 Å². The summed E-state index contributed by atoms with van der Waals surface area (Å²) in [6.07, 6.45) is 3.27. The lowest BCUT2D eigenvalue weighted by molar-refractivity contribution is 0.315. The molecular weight excluding hydrogens is 292 g/mol. The predicted molar refractivity (Wildman–Crippen MR) is 89.7 cm³/mol. The van der Waals surface area contributed by atoms with Crippen molar-refractivity contribution in [3.05, 3.63) is 48.6 Å². The van der Waals surface area contributed by atoms with E-state index in [1.807, 2.05) is 29.8 Å². The lowest BCUT2D eigenvalue weighted by Gasteiger charge is -2.17. The normalized spacial score (nSPS) is 12.0. The van der Waals surface area contributed by atoms with Crippen molar-refractivity contribution in [2.45, 2.75) is 26.4 Å². The summed E-state index contributed by atoms with van der Waals surface area (Å²) in [6, 6.07) is 6.12. The molecule has 0 amide bonds. The molecule has 0 aliphatic heterocycles. The van der Waals surface area contributed by atoms with Gasteiger partial charge in [-0.2, -0.15) is 5.10 Å². The van der Waals surface area contributed by atoms with Crippen molar-refractivity contribution in [1.82, 2.24) is 20.1 Å². The maximum absolute atomic E-state index is 5.86. The van der Waals surface area contributed by atoms with Crippen LogP contribution in [0.2, 0.25) is 0 Å². The van der Waals surface area contributed by atoms with Gasteiger partial charge < -0.3 is 14.8 Å². The summed E-state index contributed by atoms with van der Waals surface area (Å²) in [5.41, 5.74) is 2.02. The highest BCUT2D eigenvalue weighted by Gasteiger charge is 2.11. The SMILES string of the molecule is C=C(C)COc1c(CNCC(C)n2cncn2)cccc1OC. The topological polar surface area (TPSA) is 61.2 Å². The van der Waals surface area contributed by atoms with Crippen LogP contribution in [-0.4, -0.2) is 35.0 Å². The molecule has 23 heavy (non-hydrogen) atoms. The van der Waals surface area contributed by atoms with E-state index in [4.69, 9.17) is 9.47 Å². The minimum atomic E-state index is 0.225. The van der Waals surface area contributed by atoms with Gasteiger partial charge in [0.15, 0.2) is 11.5 Å². The fourth-order valence-corrected chi connectivity index (χ4v) is 2.17. The third-order valence-corrected chi connectivity index (χ3v) is 3.39. The molecule has 1 aromatic heterocycles. The Morgan fingerprint density at radius 1 is 1.43 bits per heavy atom. The van der Waals surface area contributed by atoms with E-state index < -0.39 is 0 Å². The Morgan fingerprint density at radius 3 is 2.91 bits per heavy atom. The van der Waals surface area contributed by atoms with Gasteiger partial charge in [0, 0.05) is 18.7 Å². The molecule has 0 fully saturated rings. The number of para-hydroxylation sites is 1. The number of methoxy groups -OCH3 is 1. The minimum absolute atomic E-state index is 0.225. The summed E-state index contributed by atoms with van der Waals surface area (Å²) in [5.74, 6) is 1.49. The van der Waals surface area contributed by atoms with Crippen molar-refractivity contribution in [2.75, 3.05) is 20.3 Å². The highest BCUT2D eigenvalue weighted by Crippen LogP contribution is 2.31. The Morgan fingerprint density at radius 2 is 2.26 bits per heavy atom. The van der Waals surface area contributed by atoms with Gasteiger partial charge in [-0.1, -0.05) is 18.7 Å². The zero-order valence-electron chi connectivity index (χ0n) is 14.0. The van der Waals surface area contributed by atoms with Crippen molar-refractivity contribution >= 4 is 0 Å². The third kappa shape index (κ3) is 4.82. The first-order valence-corrected chi connectivity index (χ1v) is 7.59. The van der Waals surface area contributed by atoms with Crippen LogP contribution in [0, 0.1) is 0 Å². The summed E-state index contributed by atoms with van der Waals surface area (Å²) in [5, 5.41) is 7.57. The van der Waals surface area contributed by atoms with E-state index in [1.54, 1.807) is 19.8 Å². The van der Waals surface area contributed by atoms with Gasteiger partial charge in [0.25, 0.3) is 0 Å². The molecule has 0 saturated heterocycles. The van der Waals surface area contributed by atoms with Gasteiger partial charge in [0.1, 0.15) is 19.3 Å². The lowest BCUT2D eigenvalue weighted by Crippen LogP contribution is -2.24. The molecule has 0 saturated carbocycles. The molecule has 1 atom stereocenters. The average Bonchev–Trinajstić information content (AvgIpc) is 3.07. The summed E-state index contributed by atoms with van der Waals surface area (Å²) in [6.45, 7) is 9.83. The number of hydrogen-bond acceptors (Lipinski definition) is 5. The number of hydrogen-bond donors (Lipinski definition) is 1. The van der Waals surface area contributed by atoms with Gasteiger partial charge in [0.05, 0.1) is 13.2 Å². The van der Waals surface area contributed by atoms with E-state index in [0.717, 1.165) is 29.2 Å². The van der Waals surface area contributed by atoms with Crippen LogP contribution < -0.4 is 14.8 Å². The van der Waals surface area contributed by atoms with E-state index >= 15 is 0 Å². The van der Waals surface area contributed by atoms with Crippen LogP contribution in [-0.2, 0) is 6.54 Å². The van der Waals surface area contributed by atoms with Crippen LogP contribution in [0.25, 0.3) is 0 Å². The molecule has 1 heterocycles. The van der Waals surface area contributed by atoms with Gasteiger partial charge in [-0.3, -0.25) is 0 Å². The standard InChI is InChI=1S/C17H24N4O2/c1-13(2)10-23-17-15(6-5-7-16(17)22-4)9-18-8-14(3)21-12-19-11-20-21/h5-7,11-12,14,18H,1,8-10H2,2-4H3. The van der Waals surface area contributed by atoms with Crippen molar-refractivity contribution in [2.24, 2.45) is 0 Å². The summed E-state index contributed by atoms with van der Waals surface area (Å²) in [7, 11) is 1.65. The summed E-state index contributed by atoms with van der Waals surface area (Å²) < 4.78 is 13.1. The number of nitrogens with zero attached hydrogens (tertiary/aromatic N) is 3. The number of nitrogens with one attached hydrogen (secondary N) is 1. The second-order valence-electron chi connectivity index (χ2n) is 5.55. The van der Waals surface area contributed by atoms with Gasteiger partial charge in [-0.25, -0.2) is 9.67 Å². The van der Waals surface area contributed by atoms with Crippen LogP contribution in [0.1, 0.15) is 25.5 Å². The second kappa shape index (κ2) is 8.33. The first-order chi connectivity index (χ1) is 11.1. The van der Waals surface area contributed by atoms with Gasteiger partial charge in [-0.05, 0) is 25.5 Å². The van der Waals surface area contributed by atoms with E-state index in [-0.39, 0.29) is 6.04 Å². The van der Waals surface area contributed by atoms with Gasteiger partial charge >= 0.3 is 0 Å². The fraction of sp³-hybridized carbons (Fsp3) is 0.412.